The van der Waals surface area contributed by atoms with Crippen LogP contribution in [0.1, 0.15) is 41.6 Å². The summed E-state index contributed by atoms with van der Waals surface area (Å²) in [5, 5.41) is 17.3. The highest BCUT2D eigenvalue weighted by molar-refractivity contribution is 7.99. The van der Waals surface area contributed by atoms with Gasteiger partial charge in [-0.1, -0.05) is 43.3 Å². The molecule has 3 rings (SSSR count). The van der Waals surface area contributed by atoms with Crippen molar-refractivity contribution < 1.29 is 9.59 Å². The van der Waals surface area contributed by atoms with Gasteiger partial charge in [-0.25, -0.2) is 4.98 Å². The van der Waals surface area contributed by atoms with Gasteiger partial charge in [-0.05, 0) is 25.0 Å². The maximum Gasteiger partial charge on any atom is 0.251 e. The number of nitrogens with zero attached hydrogens (tertiary/aromatic N) is 4. The fourth-order valence-electron chi connectivity index (χ4n) is 2.83. The number of carbonyl (C=O) groups is 2. The highest BCUT2D eigenvalue weighted by Crippen LogP contribution is 2.24. The Hall–Kier alpha value is -2.72. The van der Waals surface area contributed by atoms with Crippen LogP contribution >= 0.6 is 23.1 Å². The average Bonchev–Trinajstić information content (AvgIpc) is 3.34. The number of amides is 2. The summed E-state index contributed by atoms with van der Waals surface area (Å²) in [6.45, 7) is 5.99. The molecule has 1 aromatic carbocycles. The Morgan fingerprint density at radius 1 is 1.27 bits per heavy atom. The summed E-state index contributed by atoms with van der Waals surface area (Å²) in [6, 6.07) is 7.15. The van der Waals surface area contributed by atoms with Crippen molar-refractivity contribution in [2.75, 3.05) is 11.1 Å². The molecule has 0 bridgehead atoms. The van der Waals surface area contributed by atoms with Gasteiger partial charge in [-0.2, -0.15) is 0 Å². The van der Waals surface area contributed by atoms with Crippen LogP contribution in [0.2, 0.25) is 0 Å². The number of benzene rings is 1. The standard InChI is InChI=1S/C20H24N6O2S2/c1-12(2)16(23-18(28)14-7-5-6-13(3)10-14)17-24-25-20(26(17)4)30-11-15(27)22-19-21-8-9-29-19/h5-10,12,16H,11H2,1-4H3,(H,23,28)(H,21,22,27)/t16-/m1/s1. The average molecular weight is 445 g/mol. The third-order valence-electron chi connectivity index (χ3n) is 4.39. The van der Waals surface area contributed by atoms with Crippen LogP contribution in [0.5, 0.6) is 0 Å². The zero-order valence-corrected chi connectivity index (χ0v) is 18.9. The number of anilines is 1. The Labute approximate surface area is 183 Å². The molecule has 0 saturated heterocycles. The Morgan fingerprint density at radius 3 is 2.73 bits per heavy atom. The fraction of sp³-hybridized carbons (Fsp3) is 0.350. The Bertz CT molecular complexity index is 1020. The molecule has 8 nitrogen and oxygen atoms in total. The Morgan fingerprint density at radius 2 is 2.07 bits per heavy atom. The number of thiazole rings is 1. The van der Waals surface area contributed by atoms with Crippen LogP contribution in [0.15, 0.2) is 41.0 Å². The van der Waals surface area contributed by atoms with Crippen molar-refractivity contribution in [3.8, 4) is 0 Å². The SMILES string of the molecule is Cc1cccc(C(=O)N[C@@H](c2nnc(SCC(=O)Nc3nccs3)n2C)C(C)C)c1. The van der Waals surface area contributed by atoms with Crippen molar-refractivity contribution in [3.63, 3.8) is 0 Å². The molecule has 0 saturated carbocycles. The normalized spacial score (nSPS) is 12.0. The Balaban J connectivity index is 1.68. The maximum atomic E-state index is 12.7. The van der Waals surface area contributed by atoms with Crippen molar-refractivity contribution in [1.29, 1.82) is 0 Å². The number of aromatic nitrogens is 4. The van der Waals surface area contributed by atoms with Crippen LogP contribution in [0.3, 0.4) is 0 Å². The van der Waals surface area contributed by atoms with E-state index in [1.165, 1.54) is 23.1 Å². The van der Waals surface area contributed by atoms with Crippen molar-refractivity contribution in [1.82, 2.24) is 25.1 Å². The molecule has 0 unspecified atom stereocenters. The summed E-state index contributed by atoms with van der Waals surface area (Å²) in [5.41, 5.74) is 1.63. The van der Waals surface area contributed by atoms with E-state index in [4.69, 9.17) is 0 Å². The minimum absolute atomic E-state index is 0.104. The predicted molar refractivity (Wildman–Crippen MR) is 119 cm³/mol. The second-order valence-electron chi connectivity index (χ2n) is 7.14. The summed E-state index contributed by atoms with van der Waals surface area (Å²) in [5.74, 6) is 0.625. The number of aryl methyl sites for hydroxylation is 1. The topological polar surface area (TPSA) is 102 Å². The number of thioether (sulfide) groups is 1. The lowest BCUT2D eigenvalue weighted by molar-refractivity contribution is -0.113. The molecule has 0 spiro atoms. The molecule has 1 atom stereocenters. The van der Waals surface area contributed by atoms with E-state index < -0.39 is 0 Å². The quantitative estimate of drug-likeness (QED) is 0.516. The van der Waals surface area contributed by atoms with Gasteiger partial charge in [-0.15, -0.1) is 21.5 Å². The van der Waals surface area contributed by atoms with Crippen LogP contribution in [-0.4, -0.2) is 37.3 Å². The first-order valence-electron chi connectivity index (χ1n) is 9.44. The summed E-state index contributed by atoms with van der Waals surface area (Å²) in [6.07, 6.45) is 1.64. The molecule has 0 aliphatic rings. The molecule has 158 valence electrons. The van der Waals surface area contributed by atoms with Gasteiger partial charge in [0.15, 0.2) is 16.1 Å². The van der Waals surface area contributed by atoms with Gasteiger partial charge in [-0.3, -0.25) is 9.59 Å². The fourth-order valence-corrected chi connectivity index (χ4v) is 4.10. The van der Waals surface area contributed by atoms with Crippen LogP contribution in [0.25, 0.3) is 0 Å². The highest BCUT2D eigenvalue weighted by Gasteiger charge is 2.25. The van der Waals surface area contributed by atoms with Gasteiger partial charge >= 0.3 is 0 Å². The minimum atomic E-state index is -0.311. The summed E-state index contributed by atoms with van der Waals surface area (Å²) in [7, 11) is 1.84. The molecule has 2 heterocycles. The van der Waals surface area contributed by atoms with Gasteiger partial charge in [0.2, 0.25) is 5.91 Å². The highest BCUT2D eigenvalue weighted by atomic mass is 32.2. The molecule has 2 aromatic heterocycles. The molecule has 10 heteroatoms. The van der Waals surface area contributed by atoms with Crippen molar-refractivity contribution in [2.24, 2.45) is 13.0 Å². The van der Waals surface area contributed by atoms with Crippen LogP contribution in [-0.2, 0) is 11.8 Å². The zero-order valence-electron chi connectivity index (χ0n) is 17.2. The van der Waals surface area contributed by atoms with Crippen molar-refractivity contribution in [3.05, 3.63) is 52.8 Å². The van der Waals surface area contributed by atoms with Gasteiger partial charge in [0.25, 0.3) is 5.91 Å². The van der Waals surface area contributed by atoms with E-state index in [0.717, 1.165) is 5.56 Å². The summed E-state index contributed by atoms with van der Waals surface area (Å²) < 4.78 is 1.82. The lowest BCUT2D eigenvalue weighted by Crippen LogP contribution is -2.33. The monoisotopic (exact) mass is 444 g/mol. The van der Waals surface area contributed by atoms with Crippen molar-refractivity contribution >= 4 is 40.0 Å². The number of rotatable bonds is 8. The first kappa shape index (κ1) is 22.0. The summed E-state index contributed by atoms with van der Waals surface area (Å²) in [4.78, 5) is 28.9. The van der Waals surface area contributed by atoms with Gasteiger partial charge in [0.05, 0.1) is 11.8 Å². The first-order valence-corrected chi connectivity index (χ1v) is 11.3. The largest absolute Gasteiger partial charge is 0.342 e. The lowest BCUT2D eigenvalue weighted by Gasteiger charge is -2.21. The number of nitrogens with one attached hydrogen (secondary N) is 2. The molecule has 0 aliphatic heterocycles. The van der Waals surface area contributed by atoms with Gasteiger partial charge in [0.1, 0.15) is 0 Å². The van der Waals surface area contributed by atoms with Crippen molar-refractivity contribution in [2.45, 2.75) is 32.0 Å². The number of hydrogen-bond donors (Lipinski definition) is 2. The van der Waals surface area contributed by atoms with E-state index in [0.29, 0.717) is 21.7 Å². The van der Waals surface area contributed by atoms with E-state index >= 15 is 0 Å². The van der Waals surface area contributed by atoms with Gasteiger partial charge < -0.3 is 15.2 Å². The first-order chi connectivity index (χ1) is 14.3. The van der Waals surface area contributed by atoms with E-state index in [1.807, 2.05) is 50.6 Å². The zero-order chi connectivity index (χ0) is 21.7. The number of hydrogen-bond acceptors (Lipinski definition) is 7. The van der Waals surface area contributed by atoms with E-state index in [2.05, 4.69) is 25.8 Å². The third-order valence-corrected chi connectivity index (χ3v) is 6.10. The molecular formula is C20H24N6O2S2. The molecule has 30 heavy (non-hydrogen) atoms. The molecule has 3 aromatic rings. The maximum absolute atomic E-state index is 12.7. The van der Waals surface area contributed by atoms with E-state index in [1.54, 1.807) is 17.6 Å². The second kappa shape index (κ2) is 9.86. The molecule has 2 amide bonds. The molecule has 0 fully saturated rings. The second-order valence-corrected chi connectivity index (χ2v) is 8.98. The minimum Gasteiger partial charge on any atom is -0.342 e. The molecule has 2 N–H and O–H groups in total. The molecule has 0 aliphatic carbocycles. The third kappa shape index (κ3) is 5.45. The van der Waals surface area contributed by atoms with Crippen LogP contribution < -0.4 is 10.6 Å². The molecule has 0 radical (unpaired) electrons. The lowest BCUT2D eigenvalue weighted by atomic mass is 10.0. The van der Waals surface area contributed by atoms with Crippen LogP contribution in [0, 0.1) is 12.8 Å². The number of carbonyl (C=O) groups excluding carboxylic acids is 2. The van der Waals surface area contributed by atoms with E-state index in [-0.39, 0.29) is 29.5 Å². The van der Waals surface area contributed by atoms with Gasteiger partial charge in [0, 0.05) is 24.2 Å². The summed E-state index contributed by atoms with van der Waals surface area (Å²) >= 11 is 2.65. The van der Waals surface area contributed by atoms with Crippen LogP contribution in [0.4, 0.5) is 5.13 Å². The predicted octanol–water partition coefficient (Wildman–Crippen LogP) is 3.44. The molecular weight excluding hydrogens is 420 g/mol. The van der Waals surface area contributed by atoms with E-state index in [9.17, 15) is 9.59 Å². The smallest absolute Gasteiger partial charge is 0.251 e. The Kier molecular flexibility index (Phi) is 7.22.